The van der Waals surface area contributed by atoms with Crippen molar-refractivity contribution >= 4 is 27.4 Å². The molecule has 0 aliphatic carbocycles. The minimum absolute atomic E-state index is 0.0733. The predicted octanol–water partition coefficient (Wildman–Crippen LogP) is 5.01. The van der Waals surface area contributed by atoms with Gasteiger partial charge in [-0.1, -0.05) is 23.7 Å². The van der Waals surface area contributed by atoms with E-state index in [2.05, 4.69) is 9.97 Å². The summed E-state index contributed by atoms with van der Waals surface area (Å²) in [6.07, 6.45) is -9.64. The Bertz CT molecular complexity index is 1280. The van der Waals surface area contributed by atoms with Crippen molar-refractivity contribution in [3.63, 3.8) is 0 Å². The third-order valence-corrected chi connectivity index (χ3v) is 5.95. The number of nitrogens with zero attached hydrogens (tertiary/aromatic N) is 2. The van der Waals surface area contributed by atoms with Crippen LogP contribution in [0.15, 0.2) is 53.7 Å². The molecule has 0 unspecified atom stereocenters. The summed E-state index contributed by atoms with van der Waals surface area (Å²) in [5.74, 6) is -0.713. The minimum Gasteiger partial charge on any atom is -0.475 e. The molecule has 0 saturated carbocycles. The zero-order valence-electron chi connectivity index (χ0n) is 17.2. The molecular weight excluding hydrogens is 528 g/mol. The Balaban J connectivity index is 2.16. The zero-order chi connectivity index (χ0) is 26.0. The van der Waals surface area contributed by atoms with Crippen LogP contribution >= 0.6 is 11.6 Å². The second-order valence-electron chi connectivity index (χ2n) is 6.83. The third-order valence-electron chi connectivity index (χ3n) is 4.38. The molecule has 0 atom stereocenters. The van der Waals surface area contributed by atoms with Gasteiger partial charge in [0, 0.05) is 5.02 Å². The van der Waals surface area contributed by atoms with Gasteiger partial charge >= 0.3 is 12.4 Å². The van der Waals surface area contributed by atoms with E-state index in [0.717, 1.165) is 6.33 Å². The van der Waals surface area contributed by atoms with Crippen molar-refractivity contribution in [2.24, 2.45) is 0 Å². The molecule has 35 heavy (non-hydrogen) atoms. The number of aromatic nitrogens is 2. The molecule has 0 amide bonds. The van der Waals surface area contributed by atoms with Crippen molar-refractivity contribution in [1.29, 1.82) is 0 Å². The molecule has 7 nitrogen and oxygen atoms in total. The van der Waals surface area contributed by atoms with Crippen molar-refractivity contribution < 1.29 is 44.6 Å². The third kappa shape index (κ3) is 6.32. The zero-order valence-corrected chi connectivity index (χ0v) is 18.7. The van der Waals surface area contributed by atoms with Gasteiger partial charge < -0.3 is 9.84 Å². The van der Waals surface area contributed by atoms with Crippen LogP contribution in [-0.4, -0.2) is 36.7 Å². The number of alkyl halides is 6. The Kier molecular flexibility index (Phi) is 7.48. The van der Waals surface area contributed by atoms with E-state index in [1.807, 2.05) is 4.72 Å². The van der Waals surface area contributed by atoms with Crippen LogP contribution in [0.3, 0.4) is 0 Å². The fourth-order valence-corrected chi connectivity index (χ4v) is 4.06. The van der Waals surface area contributed by atoms with E-state index >= 15 is 0 Å². The highest BCUT2D eigenvalue weighted by molar-refractivity contribution is 7.92. The number of hydrogen-bond donors (Lipinski definition) is 2. The summed E-state index contributed by atoms with van der Waals surface area (Å²) < 4.78 is 112. The topological polar surface area (TPSA) is 101 Å². The van der Waals surface area contributed by atoms with Crippen LogP contribution in [0.4, 0.5) is 32.2 Å². The first kappa shape index (κ1) is 26.5. The van der Waals surface area contributed by atoms with E-state index in [1.165, 1.54) is 24.3 Å². The monoisotopic (exact) mass is 541 g/mol. The number of ether oxygens (including phenoxy) is 1. The lowest BCUT2D eigenvalue weighted by molar-refractivity contribution is -0.143. The van der Waals surface area contributed by atoms with E-state index < -0.39 is 50.8 Å². The maximum atomic E-state index is 13.2. The van der Waals surface area contributed by atoms with Crippen LogP contribution in [0.5, 0.6) is 5.88 Å². The van der Waals surface area contributed by atoms with Gasteiger partial charge in [0.05, 0.1) is 28.2 Å². The first-order chi connectivity index (χ1) is 16.2. The number of aliphatic hydroxyl groups excluding tert-OH is 1. The van der Waals surface area contributed by atoms with Gasteiger partial charge in [0.15, 0.2) is 5.82 Å². The fourth-order valence-electron chi connectivity index (χ4n) is 2.84. The molecule has 0 spiro atoms. The standard InChI is InChI=1S/C20H14ClF6N3O4S/c21-14-3-1-11(2-4-14)16-17(28-10-29-18(16)34-6-5-31)30-35(32,33)15-8-12(19(22,23)24)7-13(9-15)20(25,26)27/h1-4,7-10,31H,5-6H2,(H,28,29,30). The molecule has 15 heteroatoms. The molecule has 1 heterocycles. The molecule has 188 valence electrons. The molecule has 2 N–H and O–H groups in total. The molecule has 3 aromatic rings. The summed E-state index contributed by atoms with van der Waals surface area (Å²) in [6, 6.07) is 5.67. The predicted molar refractivity (Wildman–Crippen MR) is 112 cm³/mol. The molecule has 0 radical (unpaired) electrons. The smallest absolute Gasteiger partial charge is 0.416 e. The van der Waals surface area contributed by atoms with E-state index in [4.69, 9.17) is 21.4 Å². The number of anilines is 1. The summed E-state index contributed by atoms with van der Waals surface area (Å²) in [6.45, 7) is -0.693. The van der Waals surface area contributed by atoms with Crippen molar-refractivity contribution in [2.45, 2.75) is 17.2 Å². The number of halogens is 7. The van der Waals surface area contributed by atoms with Crippen LogP contribution in [0.1, 0.15) is 11.1 Å². The second kappa shape index (κ2) is 9.87. The normalized spacial score (nSPS) is 12.5. The number of benzene rings is 2. The summed E-state index contributed by atoms with van der Waals surface area (Å²) in [7, 11) is -5.03. The van der Waals surface area contributed by atoms with Gasteiger partial charge in [0.25, 0.3) is 10.0 Å². The number of hydrogen-bond acceptors (Lipinski definition) is 6. The average molecular weight is 542 g/mol. The molecule has 3 rings (SSSR count). The van der Waals surface area contributed by atoms with Gasteiger partial charge in [0.1, 0.15) is 12.9 Å². The lowest BCUT2D eigenvalue weighted by Crippen LogP contribution is -2.19. The quantitative estimate of drug-likeness (QED) is 0.408. The van der Waals surface area contributed by atoms with Crippen LogP contribution in [0.25, 0.3) is 11.1 Å². The largest absolute Gasteiger partial charge is 0.475 e. The van der Waals surface area contributed by atoms with E-state index in [1.54, 1.807) is 0 Å². The lowest BCUT2D eigenvalue weighted by Gasteiger charge is -2.17. The first-order valence-electron chi connectivity index (χ1n) is 9.39. The van der Waals surface area contributed by atoms with Gasteiger partial charge in [-0.25, -0.2) is 18.4 Å². The Hall–Kier alpha value is -3.10. The fraction of sp³-hybridized carbons (Fsp3) is 0.200. The van der Waals surface area contributed by atoms with Crippen molar-refractivity contribution in [1.82, 2.24) is 9.97 Å². The molecule has 0 fully saturated rings. The van der Waals surface area contributed by atoms with Crippen molar-refractivity contribution in [2.75, 3.05) is 17.9 Å². The van der Waals surface area contributed by atoms with Crippen LogP contribution in [-0.2, 0) is 22.4 Å². The van der Waals surface area contributed by atoms with Gasteiger partial charge in [-0.15, -0.1) is 0 Å². The van der Waals surface area contributed by atoms with E-state index in [9.17, 15) is 34.8 Å². The molecule has 1 aromatic heterocycles. The number of aliphatic hydroxyl groups is 1. The SMILES string of the molecule is O=S(=O)(Nc1ncnc(OCCO)c1-c1ccc(Cl)cc1)c1cc(C(F)(F)F)cc(C(F)(F)F)c1. The van der Waals surface area contributed by atoms with Crippen LogP contribution in [0.2, 0.25) is 5.02 Å². The summed E-state index contributed by atoms with van der Waals surface area (Å²) in [5, 5.41) is 9.35. The lowest BCUT2D eigenvalue weighted by atomic mass is 10.1. The highest BCUT2D eigenvalue weighted by Crippen LogP contribution is 2.39. The highest BCUT2D eigenvalue weighted by atomic mass is 35.5. The van der Waals surface area contributed by atoms with E-state index in [0.29, 0.717) is 5.02 Å². The molecule has 0 saturated heterocycles. The minimum atomic E-state index is -5.25. The average Bonchev–Trinajstić information content (AvgIpc) is 2.77. The number of nitrogens with one attached hydrogen (secondary N) is 1. The second-order valence-corrected chi connectivity index (χ2v) is 8.95. The van der Waals surface area contributed by atoms with Gasteiger partial charge in [0.2, 0.25) is 5.88 Å². The summed E-state index contributed by atoms with van der Waals surface area (Å²) in [5.41, 5.74) is -3.45. The van der Waals surface area contributed by atoms with E-state index in [-0.39, 0.29) is 41.8 Å². The maximum Gasteiger partial charge on any atom is 0.416 e. The molecule has 2 aromatic carbocycles. The van der Waals surface area contributed by atoms with Crippen LogP contribution in [0, 0.1) is 0 Å². The summed E-state index contributed by atoms with van der Waals surface area (Å²) >= 11 is 5.86. The Labute approximate surface area is 199 Å². The maximum absolute atomic E-state index is 13.2. The Morgan fingerprint density at radius 2 is 1.51 bits per heavy atom. The number of rotatable bonds is 7. The first-order valence-corrected chi connectivity index (χ1v) is 11.3. The molecular formula is C20H14ClF6N3O4S. The molecule has 0 aliphatic heterocycles. The Morgan fingerprint density at radius 1 is 0.943 bits per heavy atom. The van der Waals surface area contributed by atoms with Gasteiger partial charge in [-0.2, -0.15) is 26.3 Å². The Morgan fingerprint density at radius 3 is 2.03 bits per heavy atom. The molecule has 0 aliphatic rings. The van der Waals surface area contributed by atoms with Crippen molar-refractivity contribution in [3.05, 3.63) is 64.9 Å². The van der Waals surface area contributed by atoms with Gasteiger partial charge in [-0.3, -0.25) is 4.72 Å². The van der Waals surface area contributed by atoms with Crippen molar-refractivity contribution in [3.8, 4) is 17.0 Å². The highest BCUT2D eigenvalue weighted by Gasteiger charge is 2.38. The van der Waals surface area contributed by atoms with Crippen LogP contribution < -0.4 is 9.46 Å². The number of sulfonamides is 1. The summed E-state index contributed by atoms with van der Waals surface area (Å²) in [4.78, 5) is 6.35. The van der Waals surface area contributed by atoms with Gasteiger partial charge in [-0.05, 0) is 35.9 Å². The molecule has 0 bridgehead atoms.